The molecule has 1 aliphatic heterocycles. The molecule has 0 bridgehead atoms. The van der Waals surface area contributed by atoms with E-state index in [1.54, 1.807) is 4.90 Å². The van der Waals surface area contributed by atoms with Crippen molar-refractivity contribution in [2.75, 3.05) is 13.1 Å². The highest BCUT2D eigenvalue weighted by atomic mass is 16.2. The molecule has 4 rings (SSSR count). The van der Waals surface area contributed by atoms with Crippen LogP contribution in [0.4, 0.5) is 0 Å². The van der Waals surface area contributed by atoms with Gasteiger partial charge in [-0.3, -0.25) is 9.59 Å². The van der Waals surface area contributed by atoms with E-state index in [1.807, 2.05) is 18.2 Å². The highest BCUT2D eigenvalue weighted by Crippen LogP contribution is 2.42. The van der Waals surface area contributed by atoms with Crippen LogP contribution in [0.3, 0.4) is 0 Å². The molecule has 2 fully saturated rings. The van der Waals surface area contributed by atoms with Gasteiger partial charge in [-0.15, -0.1) is 0 Å². The maximum Gasteiger partial charge on any atom is 0.263 e. The Bertz CT molecular complexity index is 853. The molecule has 5 heteroatoms. The van der Waals surface area contributed by atoms with Gasteiger partial charge < -0.3 is 9.88 Å². The lowest BCUT2D eigenvalue weighted by atomic mass is 9.78. The average molecular weight is 337 g/mol. The fourth-order valence-corrected chi connectivity index (χ4v) is 3.83. The Hall–Kier alpha value is -2.43. The first-order chi connectivity index (χ1) is 12.0. The van der Waals surface area contributed by atoms with E-state index in [0.717, 1.165) is 12.8 Å². The van der Waals surface area contributed by atoms with Crippen LogP contribution in [0.25, 0.3) is 0 Å². The maximum atomic E-state index is 12.9. The monoisotopic (exact) mass is 337 g/mol. The Kier molecular flexibility index (Phi) is 3.74. The number of rotatable bonds is 3. The second-order valence-electron chi connectivity index (χ2n) is 7.92. The van der Waals surface area contributed by atoms with Gasteiger partial charge in [-0.25, -0.2) is 4.98 Å². The van der Waals surface area contributed by atoms with Crippen LogP contribution in [-0.2, 0) is 0 Å². The zero-order chi connectivity index (χ0) is 17.6. The first-order valence-corrected chi connectivity index (χ1v) is 8.89. The van der Waals surface area contributed by atoms with Crippen molar-refractivity contribution in [3.63, 3.8) is 0 Å². The van der Waals surface area contributed by atoms with E-state index in [0.29, 0.717) is 24.8 Å². The van der Waals surface area contributed by atoms with Crippen molar-refractivity contribution < 1.29 is 4.79 Å². The lowest BCUT2D eigenvalue weighted by Gasteiger charge is -2.25. The molecule has 1 saturated carbocycles. The third kappa shape index (κ3) is 2.99. The summed E-state index contributed by atoms with van der Waals surface area (Å²) in [5, 5.41) is 0. The molecule has 1 aliphatic carbocycles. The van der Waals surface area contributed by atoms with Crippen molar-refractivity contribution >= 4 is 5.91 Å². The Labute approximate surface area is 147 Å². The molecule has 2 aliphatic rings. The van der Waals surface area contributed by atoms with Crippen LogP contribution in [0, 0.1) is 5.41 Å². The van der Waals surface area contributed by atoms with Crippen LogP contribution >= 0.6 is 0 Å². The lowest BCUT2D eigenvalue weighted by Crippen LogP contribution is -2.34. The van der Waals surface area contributed by atoms with Gasteiger partial charge in [0.1, 0.15) is 11.4 Å². The van der Waals surface area contributed by atoms with E-state index >= 15 is 0 Å². The Morgan fingerprint density at radius 3 is 2.60 bits per heavy atom. The van der Waals surface area contributed by atoms with E-state index in [2.05, 4.69) is 35.9 Å². The summed E-state index contributed by atoms with van der Waals surface area (Å²) in [5.74, 6) is 1.12. The molecule has 130 valence electrons. The first-order valence-electron chi connectivity index (χ1n) is 8.89. The standard InChI is InChI=1S/C20H23N3O2/c1-20(2)12-23(11-16(20)13-6-4-3-5-7-13)19(25)15-10-21-17(14-8-9-14)22-18(15)24/h3-7,10,14,16H,8-9,11-12H2,1-2H3,(H,21,22,24). The van der Waals surface area contributed by atoms with Crippen LogP contribution in [0.1, 0.15) is 60.3 Å². The number of hydrogen-bond acceptors (Lipinski definition) is 3. The Morgan fingerprint density at radius 1 is 1.24 bits per heavy atom. The van der Waals surface area contributed by atoms with Gasteiger partial charge in [0, 0.05) is 31.1 Å². The number of nitrogens with zero attached hydrogens (tertiary/aromatic N) is 2. The highest BCUT2D eigenvalue weighted by molar-refractivity contribution is 5.93. The molecule has 0 radical (unpaired) electrons. The number of H-pyrrole nitrogens is 1. The smallest absolute Gasteiger partial charge is 0.263 e. The summed E-state index contributed by atoms with van der Waals surface area (Å²) in [6, 6.07) is 10.3. The number of benzene rings is 1. The second kappa shape index (κ2) is 5.83. The molecule has 1 atom stereocenters. The molecule has 1 aromatic heterocycles. The van der Waals surface area contributed by atoms with Gasteiger partial charge in [-0.1, -0.05) is 44.2 Å². The number of aromatic nitrogens is 2. The van der Waals surface area contributed by atoms with E-state index in [4.69, 9.17) is 0 Å². The number of aromatic amines is 1. The summed E-state index contributed by atoms with van der Waals surface area (Å²) >= 11 is 0. The SMILES string of the molecule is CC1(C)CN(C(=O)c2cnc(C3CC3)[nH]c2=O)CC1c1ccccc1. The van der Waals surface area contributed by atoms with Crippen LogP contribution in [0.15, 0.2) is 41.3 Å². The third-order valence-corrected chi connectivity index (χ3v) is 5.45. The summed E-state index contributed by atoms with van der Waals surface area (Å²) < 4.78 is 0. The molecule has 0 spiro atoms. The number of carbonyl (C=O) groups is 1. The van der Waals surface area contributed by atoms with Gasteiger partial charge in [-0.05, 0) is 23.8 Å². The molecule has 2 heterocycles. The summed E-state index contributed by atoms with van der Waals surface area (Å²) in [6.45, 7) is 5.61. The van der Waals surface area contributed by atoms with Crippen LogP contribution in [0.5, 0.6) is 0 Å². The summed E-state index contributed by atoms with van der Waals surface area (Å²) in [5.41, 5.74) is 1.03. The second-order valence-corrected chi connectivity index (χ2v) is 7.92. The molecule has 1 unspecified atom stereocenters. The number of carbonyl (C=O) groups excluding carboxylic acids is 1. The van der Waals surface area contributed by atoms with Crippen molar-refractivity contribution in [1.82, 2.24) is 14.9 Å². The Morgan fingerprint density at radius 2 is 1.96 bits per heavy atom. The van der Waals surface area contributed by atoms with E-state index < -0.39 is 0 Å². The molecule has 1 N–H and O–H groups in total. The molecule has 1 amide bonds. The number of likely N-dealkylation sites (tertiary alicyclic amines) is 1. The number of hydrogen-bond donors (Lipinski definition) is 1. The molecule has 1 aromatic carbocycles. The van der Waals surface area contributed by atoms with Crippen LogP contribution in [-0.4, -0.2) is 33.9 Å². The molecule has 2 aromatic rings. The van der Waals surface area contributed by atoms with E-state index in [-0.39, 0.29) is 28.4 Å². The molecular formula is C20H23N3O2. The highest BCUT2D eigenvalue weighted by Gasteiger charge is 2.42. The topological polar surface area (TPSA) is 66.1 Å². The minimum atomic E-state index is -0.317. The third-order valence-electron chi connectivity index (χ3n) is 5.45. The average Bonchev–Trinajstić information content (AvgIpc) is 3.39. The zero-order valence-corrected chi connectivity index (χ0v) is 14.7. The minimum absolute atomic E-state index is 0.0366. The Balaban J connectivity index is 1.58. The fourth-order valence-electron chi connectivity index (χ4n) is 3.83. The normalized spacial score (nSPS) is 22.2. The van der Waals surface area contributed by atoms with Crippen LogP contribution < -0.4 is 5.56 Å². The predicted molar refractivity (Wildman–Crippen MR) is 95.7 cm³/mol. The van der Waals surface area contributed by atoms with Gasteiger partial charge in [0.25, 0.3) is 11.5 Å². The van der Waals surface area contributed by atoms with Crippen molar-refractivity contribution in [1.29, 1.82) is 0 Å². The summed E-state index contributed by atoms with van der Waals surface area (Å²) in [7, 11) is 0. The van der Waals surface area contributed by atoms with Gasteiger partial charge in [0.15, 0.2) is 0 Å². The molecular weight excluding hydrogens is 314 g/mol. The molecule has 5 nitrogen and oxygen atoms in total. The summed E-state index contributed by atoms with van der Waals surface area (Å²) in [6.07, 6.45) is 3.59. The fraction of sp³-hybridized carbons (Fsp3) is 0.450. The zero-order valence-electron chi connectivity index (χ0n) is 14.7. The van der Waals surface area contributed by atoms with Crippen molar-refractivity contribution in [3.8, 4) is 0 Å². The van der Waals surface area contributed by atoms with Crippen LogP contribution in [0.2, 0.25) is 0 Å². The van der Waals surface area contributed by atoms with Gasteiger partial charge in [0.05, 0.1) is 0 Å². The maximum absolute atomic E-state index is 12.9. The summed E-state index contributed by atoms with van der Waals surface area (Å²) in [4.78, 5) is 34.1. The predicted octanol–water partition coefficient (Wildman–Crippen LogP) is 2.91. The minimum Gasteiger partial charge on any atom is -0.337 e. The van der Waals surface area contributed by atoms with Gasteiger partial charge >= 0.3 is 0 Å². The lowest BCUT2D eigenvalue weighted by molar-refractivity contribution is 0.0775. The number of nitrogens with one attached hydrogen (secondary N) is 1. The van der Waals surface area contributed by atoms with E-state index in [9.17, 15) is 9.59 Å². The molecule has 1 saturated heterocycles. The first kappa shape index (κ1) is 16.1. The molecule has 25 heavy (non-hydrogen) atoms. The van der Waals surface area contributed by atoms with Gasteiger partial charge in [0.2, 0.25) is 0 Å². The quantitative estimate of drug-likeness (QED) is 0.936. The number of amides is 1. The largest absolute Gasteiger partial charge is 0.337 e. The van der Waals surface area contributed by atoms with Crippen molar-refractivity contribution in [2.24, 2.45) is 5.41 Å². The van der Waals surface area contributed by atoms with Crippen molar-refractivity contribution in [2.45, 2.75) is 38.5 Å². The van der Waals surface area contributed by atoms with Crippen molar-refractivity contribution in [3.05, 3.63) is 63.8 Å². The van der Waals surface area contributed by atoms with E-state index in [1.165, 1.54) is 11.8 Å². The van der Waals surface area contributed by atoms with Gasteiger partial charge in [-0.2, -0.15) is 0 Å².